The lowest BCUT2D eigenvalue weighted by Gasteiger charge is -2.46. The van der Waals surface area contributed by atoms with Gasteiger partial charge in [-0.15, -0.1) is 0 Å². The van der Waals surface area contributed by atoms with Crippen LogP contribution in [0.3, 0.4) is 0 Å². The molecule has 3 rings (SSSR count). The monoisotopic (exact) mass is 376 g/mol. The normalized spacial score (nSPS) is 23.7. The van der Waals surface area contributed by atoms with Gasteiger partial charge in [0.05, 0.1) is 6.04 Å². The Kier molecular flexibility index (Phi) is 7.44. The zero-order valence-corrected chi connectivity index (χ0v) is 18.0. The summed E-state index contributed by atoms with van der Waals surface area (Å²) in [6, 6.07) is 22.3. The topological polar surface area (TPSA) is 15.6 Å². The van der Waals surface area contributed by atoms with Crippen molar-refractivity contribution in [1.82, 2.24) is 4.90 Å². The summed E-state index contributed by atoms with van der Waals surface area (Å²) in [5.41, 5.74) is 2.61. The van der Waals surface area contributed by atoms with Gasteiger partial charge in [-0.25, -0.2) is 0 Å². The quantitative estimate of drug-likeness (QED) is 0.536. The van der Waals surface area contributed by atoms with Gasteiger partial charge in [0, 0.05) is 18.8 Å². The van der Waals surface area contributed by atoms with Crippen LogP contribution in [0.5, 0.6) is 0 Å². The second kappa shape index (κ2) is 10.0. The number of benzene rings is 2. The fourth-order valence-corrected chi connectivity index (χ4v) is 4.59. The van der Waals surface area contributed by atoms with Crippen LogP contribution in [-0.4, -0.2) is 29.7 Å². The summed E-state index contributed by atoms with van der Waals surface area (Å²) in [6.45, 7) is 11.6. The first-order valence-electron chi connectivity index (χ1n) is 10.9. The Bertz CT molecular complexity index is 721. The Labute approximate surface area is 171 Å². The molecule has 2 heteroatoms. The molecule has 3 atom stereocenters. The molecule has 0 bridgehead atoms. The highest BCUT2D eigenvalue weighted by atomic mass is 15.2. The molecule has 2 nitrogen and oxygen atoms in total. The summed E-state index contributed by atoms with van der Waals surface area (Å²) >= 11 is 0. The van der Waals surface area contributed by atoms with E-state index in [-0.39, 0.29) is 0 Å². The van der Waals surface area contributed by atoms with Gasteiger partial charge in [-0.3, -0.25) is 9.89 Å². The van der Waals surface area contributed by atoms with Gasteiger partial charge in [0.25, 0.3) is 0 Å². The highest BCUT2D eigenvalue weighted by Crippen LogP contribution is 2.35. The Morgan fingerprint density at radius 2 is 1.61 bits per heavy atom. The van der Waals surface area contributed by atoms with Crippen molar-refractivity contribution in [2.75, 3.05) is 6.54 Å². The van der Waals surface area contributed by atoms with Crippen LogP contribution >= 0.6 is 0 Å². The first-order chi connectivity index (χ1) is 13.5. The van der Waals surface area contributed by atoms with Crippen LogP contribution in [0, 0.1) is 17.8 Å². The summed E-state index contributed by atoms with van der Waals surface area (Å²) in [7, 11) is 0. The van der Waals surface area contributed by atoms with Crippen molar-refractivity contribution in [3.63, 3.8) is 0 Å². The molecule has 1 saturated heterocycles. The number of likely N-dealkylation sites (tertiary alicyclic amines) is 1. The summed E-state index contributed by atoms with van der Waals surface area (Å²) in [4.78, 5) is 7.91. The van der Waals surface area contributed by atoms with Gasteiger partial charge in [-0.1, -0.05) is 88.4 Å². The van der Waals surface area contributed by atoms with Crippen molar-refractivity contribution >= 4 is 6.21 Å². The minimum absolute atomic E-state index is 0.361. The zero-order valence-electron chi connectivity index (χ0n) is 18.0. The molecule has 0 N–H and O–H groups in total. The van der Waals surface area contributed by atoms with Crippen LogP contribution in [0.25, 0.3) is 0 Å². The van der Waals surface area contributed by atoms with Gasteiger partial charge >= 0.3 is 0 Å². The number of piperidine rings is 1. The van der Waals surface area contributed by atoms with Crippen molar-refractivity contribution in [1.29, 1.82) is 0 Å². The maximum absolute atomic E-state index is 5.22. The predicted octanol–water partition coefficient (Wildman–Crippen LogP) is 6.07. The molecular formula is C26H36N2. The molecule has 0 aromatic heterocycles. The van der Waals surface area contributed by atoms with Crippen molar-refractivity contribution in [3.05, 3.63) is 71.8 Å². The van der Waals surface area contributed by atoms with Gasteiger partial charge in [0.15, 0.2) is 0 Å². The van der Waals surface area contributed by atoms with E-state index in [4.69, 9.17) is 4.99 Å². The molecule has 2 aromatic carbocycles. The average molecular weight is 377 g/mol. The van der Waals surface area contributed by atoms with E-state index >= 15 is 0 Å². The third-order valence-electron chi connectivity index (χ3n) is 6.04. The molecule has 0 unspecified atom stereocenters. The number of hydrogen-bond acceptors (Lipinski definition) is 2. The molecule has 150 valence electrons. The smallest absolute Gasteiger partial charge is 0.0686 e. The number of hydrogen-bond donors (Lipinski definition) is 0. The Morgan fingerprint density at radius 1 is 0.964 bits per heavy atom. The SMILES string of the molecule is CC(C)C[C@@H]1[C@H](N=Cc2ccccc2)[C@H](C(C)C)CCN1Cc1ccccc1. The Hall–Kier alpha value is -1.93. The van der Waals surface area contributed by atoms with Crippen molar-refractivity contribution in [2.45, 2.75) is 59.2 Å². The molecule has 0 amide bonds. The summed E-state index contributed by atoms with van der Waals surface area (Å²) in [5, 5.41) is 0. The van der Waals surface area contributed by atoms with Crippen molar-refractivity contribution < 1.29 is 0 Å². The zero-order chi connectivity index (χ0) is 19.9. The summed E-state index contributed by atoms with van der Waals surface area (Å²) < 4.78 is 0. The maximum atomic E-state index is 5.22. The molecule has 1 heterocycles. The third kappa shape index (κ3) is 5.54. The predicted molar refractivity (Wildman–Crippen MR) is 121 cm³/mol. The van der Waals surface area contributed by atoms with E-state index in [2.05, 4.69) is 99.5 Å². The first kappa shape index (κ1) is 20.8. The molecular weight excluding hydrogens is 340 g/mol. The maximum Gasteiger partial charge on any atom is 0.0686 e. The number of rotatable bonds is 7. The molecule has 0 aliphatic carbocycles. The third-order valence-corrected chi connectivity index (χ3v) is 6.04. The standard InChI is InChI=1S/C26H36N2/c1-20(2)17-25-26(27-18-22-11-7-5-8-12-22)24(21(3)4)15-16-28(25)19-23-13-9-6-10-14-23/h5-14,18,20-21,24-26H,15-17,19H2,1-4H3/t24-,25+,26+/m0/s1. The first-order valence-corrected chi connectivity index (χ1v) is 10.9. The van der Waals surface area contributed by atoms with Crippen LogP contribution < -0.4 is 0 Å². The van der Waals surface area contributed by atoms with E-state index in [0.29, 0.717) is 29.8 Å². The number of nitrogens with zero attached hydrogens (tertiary/aromatic N) is 2. The van der Waals surface area contributed by atoms with Crippen molar-refractivity contribution in [2.24, 2.45) is 22.7 Å². The van der Waals surface area contributed by atoms with Crippen LogP contribution in [0.2, 0.25) is 0 Å². The van der Waals surface area contributed by atoms with Crippen molar-refractivity contribution in [3.8, 4) is 0 Å². The minimum Gasteiger partial charge on any atom is -0.294 e. The van der Waals surface area contributed by atoms with E-state index in [1.54, 1.807) is 0 Å². The second-order valence-corrected chi connectivity index (χ2v) is 9.03. The van der Waals surface area contributed by atoms with Gasteiger partial charge < -0.3 is 0 Å². The molecule has 0 spiro atoms. The highest BCUT2D eigenvalue weighted by Gasteiger charge is 2.39. The summed E-state index contributed by atoms with van der Waals surface area (Å²) in [6.07, 6.45) is 4.54. The molecule has 28 heavy (non-hydrogen) atoms. The Morgan fingerprint density at radius 3 is 2.21 bits per heavy atom. The van der Waals surface area contributed by atoms with E-state index < -0.39 is 0 Å². The van der Waals surface area contributed by atoms with Gasteiger partial charge in [0.1, 0.15) is 0 Å². The molecule has 2 aromatic rings. The van der Waals surface area contributed by atoms with Crippen LogP contribution in [-0.2, 0) is 6.54 Å². The average Bonchev–Trinajstić information content (AvgIpc) is 2.69. The molecule has 1 aliphatic heterocycles. The van der Waals surface area contributed by atoms with Crippen LogP contribution in [0.15, 0.2) is 65.7 Å². The Balaban J connectivity index is 1.87. The van der Waals surface area contributed by atoms with E-state index in [1.807, 2.05) is 0 Å². The van der Waals surface area contributed by atoms with Gasteiger partial charge in [0.2, 0.25) is 0 Å². The molecule has 1 fully saturated rings. The minimum atomic E-state index is 0.361. The van der Waals surface area contributed by atoms with E-state index in [0.717, 1.165) is 6.54 Å². The fourth-order valence-electron chi connectivity index (χ4n) is 4.59. The second-order valence-electron chi connectivity index (χ2n) is 9.03. The lowest BCUT2D eigenvalue weighted by Crippen LogP contribution is -2.53. The van der Waals surface area contributed by atoms with Gasteiger partial charge in [-0.2, -0.15) is 0 Å². The highest BCUT2D eigenvalue weighted by molar-refractivity contribution is 5.79. The van der Waals surface area contributed by atoms with Crippen LogP contribution in [0.1, 0.15) is 51.7 Å². The molecule has 0 radical (unpaired) electrons. The van der Waals surface area contributed by atoms with E-state index in [1.165, 1.54) is 30.5 Å². The molecule has 1 aliphatic rings. The van der Waals surface area contributed by atoms with Crippen LogP contribution in [0.4, 0.5) is 0 Å². The lowest BCUT2D eigenvalue weighted by atomic mass is 9.76. The van der Waals surface area contributed by atoms with E-state index in [9.17, 15) is 0 Å². The summed E-state index contributed by atoms with van der Waals surface area (Å²) in [5.74, 6) is 1.98. The molecule has 0 saturated carbocycles. The lowest BCUT2D eigenvalue weighted by molar-refractivity contribution is 0.0527. The van der Waals surface area contributed by atoms with Gasteiger partial charge in [-0.05, 0) is 48.3 Å². The largest absolute Gasteiger partial charge is 0.294 e. The number of aliphatic imine (C=N–C) groups is 1. The fraction of sp³-hybridized carbons (Fsp3) is 0.500.